The lowest BCUT2D eigenvalue weighted by molar-refractivity contribution is 0.0794. The van der Waals surface area contributed by atoms with Crippen molar-refractivity contribution in [1.82, 2.24) is 9.88 Å². The van der Waals surface area contributed by atoms with E-state index in [1.165, 1.54) is 5.56 Å². The SMILES string of the molecule is CC(C)c1ccc2c(C(=O)N3CCCC3)cncc2c1. The molecule has 0 atom stereocenters. The van der Waals surface area contributed by atoms with Crippen LogP contribution in [-0.4, -0.2) is 28.9 Å². The molecule has 2 aromatic rings. The third-order valence-corrected chi connectivity index (χ3v) is 4.07. The highest BCUT2D eigenvalue weighted by Crippen LogP contribution is 2.24. The number of pyridine rings is 1. The second-order valence-corrected chi connectivity index (χ2v) is 5.82. The Kier molecular flexibility index (Phi) is 3.43. The molecule has 3 rings (SSSR count). The summed E-state index contributed by atoms with van der Waals surface area (Å²) in [5.74, 6) is 0.607. The first-order valence-corrected chi connectivity index (χ1v) is 7.34. The molecular formula is C17H20N2O. The predicted octanol–water partition coefficient (Wildman–Crippen LogP) is 3.59. The molecule has 3 nitrogen and oxygen atoms in total. The van der Waals surface area contributed by atoms with Crippen molar-refractivity contribution in [1.29, 1.82) is 0 Å². The topological polar surface area (TPSA) is 33.2 Å². The van der Waals surface area contributed by atoms with Crippen LogP contribution in [0.2, 0.25) is 0 Å². The lowest BCUT2D eigenvalue weighted by Gasteiger charge is -2.16. The Morgan fingerprint density at radius 3 is 2.65 bits per heavy atom. The van der Waals surface area contributed by atoms with Crippen LogP contribution >= 0.6 is 0 Å². The highest BCUT2D eigenvalue weighted by atomic mass is 16.2. The molecule has 104 valence electrons. The Hall–Kier alpha value is -1.90. The largest absolute Gasteiger partial charge is 0.339 e. The Labute approximate surface area is 119 Å². The summed E-state index contributed by atoms with van der Waals surface area (Å²) in [6.45, 7) is 6.10. The molecular weight excluding hydrogens is 248 g/mol. The molecule has 1 aromatic carbocycles. The molecule has 0 radical (unpaired) electrons. The number of carbonyl (C=O) groups is 1. The molecule has 1 aromatic heterocycles. The van der Waals surface area contributed by atoms with Gasteiger partial charge >= 0.3 is 0 Å². The van der Waals surface area contributed by atoms with E-state index >= 15 is 0 Å². The zero-order valence-corrected chi connectivity index (χ0v) is 12.1. The molecule has 0 aliphatic carbocycles. The van der Waals surface area contributed by atoms with E-state index in [2.05, 4.69) is 37.0 Å². The molecule has 2 heterocycles. The highest BCUT2D eigenvalue weighted by Gasteiger charge is 2.21. The Bertz CT molecular complexity index is 642. The van der Waals surface area contributed by atoms with Crippen LogP contribution in [0.4, 0.5) is 0 Å². The number of hydrogen-bond donors (Lipinski definition) is 0. The number of likely N-dealkylation sites (tertiary alicyclic amines) is 1. The third-order valence-electron chi connectivity index (χ3n) is 4.07. The summed E-state index contributed by atoms with van der Waals surface area (Å²) in [7, 11) is 0. The minimum absolute atomic E-state index is 0.123. The average molecular weight is 268 g/mol. The van der Waals surface area contributed by atoms with Crippen molar-refractivity contribution >= 4 is 16.7 Å². The van der Waals surface area contributed by atoms with E-state index in [-0.39, 0.29) is 5.91 Å². The maximum absolute atomic E-state index is 12.6. The van der Waals surface area contributed by atoms with Gasteiger partial charge in [0.05, 0.1) is 5.56 Å². The Morgan fingerprint density at radius 1 is 1.20 bits per heavy atom. The quantitative estimate of drug-likeness (QED) is 0.834. The van der Waals surface area contributed by atoms with Gasteiger partial charge in [0.15, 0.2) is 0 Å². The lowest BCUT2D eigenvalue weighted by Crippen LogP contribution is -2.27. The van der Waals surface area contributed by atoms with Crippen molar-refractivity contribution in [2.75, 3.05) is 13.1 Å². The summed E-state index contributed by atoms with van der Waals surface area (Å²) in [6.07, 6.45) is 5.78. The van der Waals surface area contributed by atoms with Crippen molar-refractivity contribution in [3.05, 3.63) is 41.7 Å². The molecule has 0 bridgehead atoms. The van der Waals surface area contributed by atoms with Gasteiger partial charge in [0, 0.05) is 30.9 Å². The fourth-order valence-electron chi connectivity index (χ4n) is 2.82. The van der Waals surface area contributed by atoms with Gasteiger partial charge in [0.2, 0.25) is 0 Å². The molecule has 1 saturated heterocycles. The van der Waals surface area contributed by atoms with Crippen LogP contribution in [0.1, 0.15) is 48.5 Å². The van der Waals surface area contributed by atoms with Gasteiger partial charge in [0.25, 0.3) is 5.91 Å². The average Bonchev–Trinajstić information content (AvgIpc) is 2.99. The zero-order valence-electron chi connectivity index (χ0n) is 12.1. The van der Waals surface area contributed by atoms with E-state index in [1.807, 2.05) is 11.1 Å². The summed E-state index contributed by atoms with van der Waals surface area (Å²) in [5.41, 5.74) is 2.02. The molecule has 0 unspecified atom stereocenters. The maximum atomic E-state index is 12.6. The summed E-state index contributed by atoms with van der Waals surface area (Å²) >= 11 is 0. The first-order valence-electron chi connectivity index (χ1n) is 7.34. The van der Waals surface area contributed by atoms with E-state index in [0.717, 1.165) is 42.3 Å². The van der Waals surface area contributed by atoms with Gasteiger partial charge in [-0.05, 0) is 35.8 Å². The molecule has 0 saturated carbocycles. The van der Waals surface area contributed by atoms with Gasteiger partial charge in [-0.25, -0.2) is 0 Å². The summed E-state index contributed by atoms with van der Waals surface area (Å²) in [6, 6.07) is 6.33. The number of nitrogens with zero attached hydrogens (tertiary/aromatic N) is 2. The Morgan fingerprint density at radius 2 is 1.95 bits per heavy atom. The number of hydrogen-bond acceptors (Lipinski definition) is 2. The zero-order chi connectivity index (χ0) is 14.1. The van der Waals surface area contributed by atoms with E-state index in [0.29, 0.717) is 5.92 Å². The van der Waals surface area contributed by atoms with Gasteiger partial charge in [-0.2, -0.15) is 0 Å². The molecule has 1 amide bonds. The molecule has 1 aliphatic rings. The van der Waals surface area contributed by atoms with Gasteiger partial charge < -0.3 is 4.90 Å². The van der Waals surface area contributed by atoms with Crippen LogP contribution in [0, 0.1) is 0 Å². The smallest absolute Gasteiger partial charge is 0.256 e. The van der Waals surface area contributed by atoms with Crippen molar-refractivity contribution in [3.63, 3.8) is 0 Å². The minimum atomic E-state index is 0.123. The number of carbonyl (C=O) groups excluding carboxylic acids is 1. The van der Waals surface area contributed by atoms with Crippen molar-refractivity contribution in [3.8, 4) is 0 Å². The minimum Gasteiger partial charge on any atom is -0.339 e. The maximum Gasteiger partial charge on any atom is 0.256 e. The van der Waals surface area contributed by atoms with Crippen molar-refractivity contribution < 1.29 is 4.79 Å². The van der Waals surface area contributed by atoms with E-state index in [4.69, 9.17) is 0 Å². The lowest BCUT2D eigenvalue weighted by atomic mass is 9.98. The standard InChI is InChI=1S/C17H20N2O/c1-12(2)13-5-6-15-14(9-13)10-18-11-16(15)17(20)19-7-3-4-8-19/h5-6,9-12H,3-4,7-8H2,1-2H3. The monoisotopic (exact) mass is 268 g/mol. The van der Waals surface area contributed by atoms with Crippen LogP contribution in [0.5, 0.6) is 0 Å². The summed E-state index contributed by atoms with van der Waals surface area (Å²) in [5, 5.41) is 2.07. The third kappa shape index (κ3) is 2.28. The van der Waals surface area contributed by atoms with Gasteiger partial charge in [0.1, 0.15) is 0 Å². The molecule has 1 fully saturated rings. The van der Waals surface area contributed by atoms with Crippen LogP contribution in [0.15, 0.2) is 30.6 Å². The van der Waals surface area contributed by atoms with E-state index in [9.17, 15) is 4.79 Å². The van der Waals surface area contributed by atoms with Crippen LogP contribution < -0.4 is 0 Å². The second-order valence-electron chi connectivity index (χ2n) is 5.82. The van der Waals surface area contributed by atoms with Crippen LogP contribution in [-0.2, 0) is 0 Å². The predicted molar refractivity (Wildman–Crippen MR) is 81.0 cm³/mol. The number of fused-ring (bicyclic) bond motifs is 1. The van der Waals surface area contributed by atoms with Gasteiger partial charge in [-0.1, -0.05) is 26.0 Å². The fraction of sp³-hybridized carbons (Fsp3) is 0.412. The number of rotatable bonds is 2. The summed E-state index contributed by atoms with van der Waals surface area (Å²) < 4.78 is 0. The van der Waals surface area contributed by atoms with Gasteiger partial charge in [-0.3, -0.25) is 9.78 Å². The number of amides is 1. The number of benzene rings is 1. The second kappa shape index (κ2) is 5.23. The van der Waals surface area contributed by atoms with Crippen molar-refractivity contribution in [2.45, 2.75) is 32.6 Å². The molecule has 1 aliphatic heterocycles. The van der Waals surface area contributed by atoms with Crippen molar-refractivity contribution in [2.24, 2.45) is 0 Å². The normalized spacial score (nSPS) is 15.2. The first kappa shape index (κ1) is 13.1. The summed E-state index contributed by atoms with van der Waals surface area (Å²) in [4.78, 5) is 18.8. The molecule has 0 spiro atoms. The fourth-order valence-corrected chi connectivity index (χ4v) is 2.82. The van der Waals surface area contributed by atoms with Crippen LogP contribution in [0.25, 0.3) is 10.8 Å². The van der Waals surface area contributed by atoms with E-state index < -0.39 is 0 Å². The molecule has 3 heteroatoms. The molecule has 0 N–H and O–H groups in total. The van der Waals surface area contributed by atoms with Gasteiger partial charge in [-0.15, -0.1) is 0 Å². The van der Waals surface area contributed by atoms with Crippen LogP contribution in [0.3, 0.4) is 0 Å². The first-order chi connectivity index (χ1) is 9.66. The highest BCUT2D eigenvalue weighted by molar-refractivity contribution is 6.06. The molecule has 20 heavy (non-hydrogen) atoms. The number of aromatic nitrogens is 1. The Balaban J connectivity index is 2.05. The van der Waals surface area contributed by atoms with E-state index in [1.54, 1.807) is 6.20 Å².